The molecule has 0 saturated carbocycles. The van der Waals surface area contributed by atoms with Gasteiger partial charge in [0.1, 0.15) is 0 Å². The van der Waals surface area contributed by atoms with E-state index in [0.717, 1.165) is 25.7 Å². The fourth-order valence-corrected chi connectivity index (χ4v) is 2.59. The summed E-state index contributed by atoms with van der Waals surface area (Å²) in [4.78, 5) is 12.4. The van der Waals surface area contributed by atoms with Crippen molar-refractivity contribution in [3.8, 4) is 6.07 Å². The van der Waals surface area contributed by atoms with Crippen LogP contribution in [0.25, 0.3) is 0 Å². The molecule has 2 heterocycles. The summed E-state index contributed by atoms with van der Waals surface area (Å²) in [5.41, 5.74) is 0. The third-order valence-corrected chi connectivity index (χ3v) is 3.14. The Morgan fingerprint density at radius 2 is 1.92 bits per heavy atom. The Morgan fingerprint density at radius 3 is 2.31 bits per heavy atom. The van der Waals surface area contributed by atoms with Crippen LogP contribution in [-0.4, -0.2) is 28.2 Å². The number of nitriles is 1. The van der Waals surface area contributed by atoms with Gasteiger partial charge in [0, 0.05) is 12.1 Å². The van der Waals surface area contributed by atoms with E-state index >= 15 is 0 Å². The van der Waals surface area contributed by atoms with Crippen molar-refractivity contribution in [2.45, 2.75) is 37.8 Å². The number of rotatable bonds is 0. The van der Waals surface area contributed by atoms with Gasteiger partial charge in [-0.15, -0.1) is 0 Å². The average molecular weight is 180 g/mol. The van der Waals surface area contributed by atoms with Crippen molar-refractivity contribution in [1.82, 2.24) is 4.90 Å². The molecule has 2 rings (SSSR count). The summed E-state index contributed by atoms with van der Waals surface area (Å²) in [6.07, 6.45) is 2.53. The molecule has 2 unspecified atom stereocenters. The van der Waals surface area contributed by atoms with Crippen molar-refractivity contribution >= 4 is 6.09 Å². The lowest BCUT2D eigenvalue weighted by atomic mass is 9.92. The summed E-state index contributed by atoms with van der Waals surface area (Å²) in [6, 6.07) is 2.47. The first-order valence-corrected chi connectivity index (χ1v) is 4.63. The lowest BCUT2D eigenvalue weighted by Crippen LogP contribution is -2.45. The third-order valence-electron chi connectivity index (χ3n) is 3.14. The van der Waals surface area contributed by atoms with Gasteiger partial charge in [0.15, 0.2) is 0 Å². The molecule has 2 aliphatic heterocycles. The zero-order chi connectivity index (χ0) is 9.42. The van der Waals surface area contributed by atoms with Gasteiger partial charge in [0.2, 0.25) is 0 Å². The van der Waals surface area contributed by atoms with Crippen LogP contribution in [0.5, 0.6) is 0 Å². The quantitative estimate of drug-likeness (QED) is 0.613. The molecule has 13 heavy (non-hydrogen) atoms. The molecule has 2 bridgehead atoms. The van der Waals surface area contributed by atoms with Gasteiger partial charge in [-0.25, -0.2) is 4.79 Å². The van der Waals surface area contributed by atoms with E-state index in [1.54, 1.807) is 4.90 Å². The average Bonchev–Trinajstić information content (AvgIpc) is 2.37. The SMILES string of the molecule is N#CC1CC2CCC(C1)N2C(=O)O. The molecule has 0 aromatic carbocycles. The van der Waals surface area contributed by atoms with Crippen LogP contribution in [0.3, 0.4) is 0 Å². The minimum Gasteiger partial charge on any atom is -0.465 e. The highest BCUT2D eigenvalue weighted by atomic mass is 16.4. The van der Waals surface area contributed by atoms with Crippen molar-refractivity contribution < 1.29 is 9.90 Å². The monoisotopic (exact) mass is 180 g/mol. The third kappa shape index (κ3) is 1.24. The molecule has 2 fully saturated rings. The van der Waals surface area contributed by atoms with E-state index in [4.69, 9.17) is 10.4 Å². The molecule has 0 aromatic heterocycles. The highest BCUT2D eigenvalue weighted by Crippen LogP contribution is 2.38. The number of nitrogens with zero attached hydrogens (tertiary/aromatic N) is 2. The van der Waals surface area contributed by atoms with E-state index in [2.05, 4.69) is 6.07 Å². The fourth-order valence-electron chi connectivity index (χ4n) is 2.59. The van der Waals surface area contributed by atoms with Crippen LogP contribution < -0.4 is 0 Å². The van der Waals surface area contributed by atoms with E-state index in [9.17, 15) is 4.79 Å². The summed E-state index contributed by atoms with van der Waals surface area (Å²) in [5.74, 6) is 0.0769. The van der Waals surface area contributed by atoms with Crippen LogP contribution >= 0.6 is 0 Å². The summed E-state index contributed by atoms with van der Waals surface area (Å²) < 4.78 is 0. The predicted octanol–water partition coefficient (Wildman–Crippen LogP) is 1.43. The van der Waals surface area contributed by atoms with E-state index in [-0.39, 0.29) is 18.0 Å². The van der Waals surface area contributed by atoms with Crippen molar-refractivity contribution in [2.75, 3.05) is 0 Å². The standard InChI is InChI=1S/C9H12N2O2/c10-5-6-3-7-1-2-8(4-6)11(7)9(12)13/h6-8H,1-4H2,(H,12,13). The molecule has 4 heteroatoms. The van der Waals surface area contributed by atoms with E-state index in [1.807, 2.05) is 0 Å². The van der Waals surface area contributed by atoms with Crippen LogP contribution in [0, 0.1) is 17.2 Å². The zero-order valence-electron chi connectivity index (χ0n) is 7.31. The van der Waals surface area contributed by atoms with Gasteiger partial charge in [0.05, 0.1) is 12.0 Å². The predicted molar refractivity (Wildman–Crippen MR) is 45.0 cm³/mol. The maximum Gasteiger partial charge on any atom is 0.407 e. The Kier molecular flexibility index (Phi) is 1.87. The maximum atomic E-state index is 10.9. The second-order valence-electron chi connectivity index (χ2n) is 3.87. The van der Waals surface area contributed by atoms with Crippen molar-refractivity contribution in [2.24, 2.45) is 5.92 Å². The van der Waals surface area contributed by atoms with Gasteiger partial charge in [0.25, 0.3) is 0 Å². The Bertz CT molecular complexity index is 257. The largest absolute Gasteiger partial charge is 0.465 e. The highest BCUT2D eigenvalue weighted by Gasteiger charge is 2.43. The summed E-state index contributed by atoms with van der Waals surface area (Å²) in [5, 5.41) is 17.7. The summed E-state index contributed by atoms with van der Waals surface area (Å²) >= 11 is 0. The van der Waals surface area contributed by atoms with Crippen LogP contribution in [0.15, 0.2) is 0 Å². The highest BCUT2D eigenvalue weighted by molar-refractivity contribution is 5.66. The molecule has 4 nitrogen and oxygen atoms in total. The van der Waals surface area contributed by atoms with Gasteiger partial charge in [-0.1, -0.05) is 0 Å². The van der Waals surface area contributed by atoms with Crippen molar-refractivity contribution in [1.29, 1.82) is 5.26 Å². The number of carbonyl (C=O) groups is 1. The molecule has 2 atom stereocenters. The van der Waals surface area contributed by atoms with Crippen molar-refractivity contribution in [3.05, 3.63) is 0 Å². The van der Waals surface area contributed by atoms with Crippen LogP contribution in [0.4, 0.5) is 4.79 Å². The Labute approximate surface area is 76.8 Å². The molecule has 0 radical (unpaired) electrons. The Morgan fingerprint density at radius 1 is 1.38 bits per heavy atom. The second kappa shape index (κ2) is 2.91. The molecule has 0 aliphatic carbocycles. The number of carboxylic acid groups (broad SMARTS) is 1. The topological polar surface area (TPSA) is 64.3 Å². The first kappa shape index (κ1) is 8.36. The Balaban J connectivity index is 2.14. The number of fused-ring (bicyclic) bond motifs is 2. The number of amides is 1. The second-order valence-corrected chi connectivity index (χ2v) is 3.87. The molecule has 1 amide bonds. The normalized spacial score (nSPS) is 37.2. The van der Waals surface area contributed by atoms with Crippen LogP contribution in [-0.2, 0) is 0 Å². The van der Waals surface area contributed by atoms with Gasteiger partial charge < -0.3 is 10.0 Å². The lowest BCUT2D eigenvalue weighted by Gasteiger charge is -2.34. The summed E-state index contributed by atoms with van der Waals surface area (Å²) in [6.45, 7) is 0. The van der Waals surface area contributed by atoms with Crippen LogP contribution in [0.1, 0.15) is 25.7 Å². The summed E-state index contributed by atoms with van der Waals surface area (Å²) in [7, 11) is 0. The first-order valence-electron chi connectivity index (χ1n) is 4.63. The number of hydrogen-bond acceptors (Lipinski definition) is 2. The van der Waals surface area contributed by atoms with E-state index in [0.29, 0.717) is 0 Å². The minimum absolute atomic E-state index is 0.0769. The van der Waals surface area contributed by atoms with Gasteiger partial charge in [-0.2, -0.15) is 5.26 Å². The molecule has 70 valence electrons. The molecule has 2 saturated heterocycles. The van der Waals surface area contributed by atoms with Gasteiger partial charge >= 0.3 is 6.09 Å². The number of piperidine rings is 1. The zero-order valence-corrected chi connectivity index (χ0v) is 7.31. The smallest absolute Gasteiger partial charge is 0.407 e. The van der Waals surface area contributed by atoms with Crippen molar-refractivity contribution in [3.63, 3.8) is 0 Å². The molecular weight excluding hydrogens is 168 g/mol. The molecule has 0 spiro atoms. The molecular formula is C9H12N2O2. The van der Waals surface area contributed by atoms with E-state index < -0.39 is 6.09 Å². The first-order chi connectivity index (χ1) is 6.22. The van der Waals surface area contributed by atoms with Gasteiger partial charge in [-0.3, -0.25) is 0 Å². The van der Waals surface area contributed by atoms with Crippen LogP contribution in [0.2, 0.25) is 0 Å². The van der Waals surface area contributed by atoms with Gasteiger partial charge in [-0.05, 0) is 25.7 Å². The minimum atomic E-state index is -0.816. The molecule has 0 aromatic rings. The Hall–Kier alpha value is -1.24. The lowest BCUT2D eigenvalue weighted by molar-refractivity contribution is 0.0936. The maximum absolute atomic E-state index is 10.9. The fraction of sp³-hybridized carbons (Fsp3) is 0.778. The number of hydrogen-bond donors (Lipinski definition) is 1. The molecule has 2 aliphatic rings. The molecule has 1 N–H and O–H groups in total. The van der Waals surface area contributed by atoms with E-state index in [1.165, 1.54) is 0 Å².